The van der Waals surface area contributed by atoms with Gasteiger partial charge in [-0.1, -0.05) is 37.3 Å². The number of carboxylic acid groups (broad SMARTS) is 1. The van der Waals surface area contributed by atoms with Crippen molar-refractivity contribution < 1.29 is 14.7 Å². The highest BCUT2D eigenvalue weighted by Gasteiger charge is 2.31. The number of carboxylic acids is 1. The Morgan fingerprint density at radius 3 is 2.64 bits per heavy atom. The van der Waals surface area contributed by atoms with E-state index in [4.69, 9.17) is 0 Å². The maximum absolute atomic E-state index is 12.4. The number of amides is 2. The second-order valence-electron chi connectivity index (χ2n) is 7.22. The van der Waals surface area contributed by atoms with Gasteiger partial charge in [0.25, 0.3) is 0 Å². The summed E-state index contributed by atoms with van der Waals surface area (Å²) < 4.78 is 0. The van der Waals surface area contributed by atoms with Crippen molar-refractivity contribution >= 4 is 12.0 Å². The fraction of sp³-hybridized carbons (Fsp3) is 0.579. The van der Waals surface area contributed by atoms with Crippen LogP contribution in [0.3, 0.4) is 0 Å². The Morgan fingerprint density at radius 2 is 2.00 bits per heavy atom. The summed E-state index contributed by atoms with van der Waals surface area (Å²) in [5.74, 6) is -1.08. The van der Waals surface area contributed by atoms with E-state index in [1.54, 1.807) is 4.90 Å². The fourth-order valence-corrected chi connectivity index (χ4v) is 3.23. The SMILES string of the molecule is CC1CC(C(=O)O)CN(C(=O)NCC(C)N(C)Cc2ccccc2)C1. The smallest absolute Gasteiger partial charge is 0.317 e. The topological polar surface area (TPSA) is 72.9 Å². The summed E-state index contributed by atoms with van der Waals surface area (Å²) in [6.07, 6.45) is 0.634. The largest absolute Gasteiger partial charge is 0.481 e. The van der Waals surface area contributed by atoms with Gasteiger partial charge in [0, 0.05) is 32.2 Å². The number of rotatable bonds is 6. The van der Waals surface area contributed by atoms with Gasteiger partial charge in [0.05, 0.1) is 5.92 Å². The van der Waals surface area contributed by atoms with E-state index in [1.165, 1.54) is 5.56 Å². The number of carbonyl (C=O) groups is 2. The van der Waals surface area contributed by atoms with E-state index >= 15 is 0 Å². The van der Waals surface area contributed by atoms with Gasteiger partial charge in [-0.2, -0.15) is 0 Å². The Labute approximate surface area is 149 Å². The molecular weight excluding hydrogens is 318 g/mol. The zero-order valence-corrected chi connectivity index (χ0v) is 15.3. The zero-order chi connectivity index (χ0) is 18.4. The van der Waals surface area contributed by atoms with E-state index in [-0.39, 0.29) is 18.0 Å². The predicted molar refractivity (Wildman–Crippen MR) is 97.2 cm³/mol. The molecule has 0 radical (unpaired) electrons. The minimum absolute atomic E-state index is 0.169. The third-order valence-electron chi connectivity index (χ3n) is 4.87. The second kappa shape index (κ2) is 8.85. The molecule has 3 unspecified atom stereocenters. The minimum atomic E-state index is -0.819. The molecule has 2 amide bonds. The number of likely N-dealkylation sites (N-methyl/N-ethyl adjacent to an activating group) is 1. The Balaban J connectivity index is 1.81. The molecule has 0 saturated carbocycles. The van der Waals surface area contributed by atoms with E-state index in [9.17, 15) is 14.7 Å². The van der Waals surface area contributed by atoms with Crippen molar-refractivity contribution in [1.82, 2.24) is 15.1 Å². The normalized spacial score (nSPS) is 21.8. The molecule has 1 heterocycles. The average molecular weight is 347 g/mol. The molecule has 6 heteroatoms. The van der Waals surface area contributed by atoms with Crippen LogP contribution < -0.4 is 5.32 Å². The molecule has 2 N–H and O–H groups in total. The Hall–Kier alpha value is -2.08. The summed E-state index contributed by atoms with van der Waals surface area (Å²) in [7, 11) is 2.03. The van der Waals surface area contributed by atoms with Crippen LogP contribution in [0, 0.1) is 11.8 Å². The molecule has 2 rings (SSSR count). The molecule has 1 aromatic rings. The predicted octanol–water partition coefficient (Wildman–Crippen LogP) is 2.26. The van der Waals surface area contributed by atoms with Gasteiger partial charge in [0.2, 0.25) is 0 Å². The highest BCUT2D eigenvalue weighted by atomic mass is 16.4. The zero-order valence-electron chi connectivity index (χ0n) is 15.3. The van der Waals surface area contributed by atoms with E-state index in [0.29, 0.717) is 26.1 Å². The lowest BCUT2D eigenvalue weighted by atomic mass is 9.91. The number of hydrogen-bond acceptors (Lipinski definition) is 3. The van der Waals surface area contributed by atoms with Crippen LogP contribution in [0.15, 0.2) is 30.3 Å². The number of hydrogen-bond donors (Lipinski definition) is 2. The van der Waals surface area contributed by atoms with Crippen LogP contribution in [0.4, 0.5) is 4.79 Å². The van der Waals surface area contributed by atoms with Crippen LogP contribution in [0.5, 0.6) is 0 Å². The molecular formula is C19H29N3O3. The number of likely N-dealkylation sites (tertiary alicyclic amines) is 1. The quantitative estimate of drug-likeness (QED) is 0.828. The molecule has 1 saturated heterocycles. The number of carbonyl (C=O) groups excluding carboxylic acids is 1. The van der Waals surface area contributed by atoms with Crippen LogP contribution in [0.1, 0.15) is 25.8 Å². The van der Waals surface area contributed by atoms with Crippen LogP contribution in [-0.4, -0.2) is 59.6 Å². The van der Waals surface area contributed by atoms with Gasteiger partial charge in [-0.15, -0.1) is 0 Å². The van der Waals surface area contributed by atoms with Crippen molar-refractivity contribution in [2.24, 2.45) is 11.8 Å². The van der Waals surface area contributed by atoms with Crippen molar-refractivity contribution in [2.75, 3.05) is 26.7 Å². The summed E-state index contributed by atoms with van der Waals surface area (Å²) in [5, 5.41) is 12.2. The van der Waals surface area contributed by atoms with E-state index < -0.39 is 11.9 Å². The Kier molecular flexibility index (Phi) is 6.82. The van der Waals surface area contributed by atoms with Gasteiger partial charge < -0.3 is 15.3 Å². The first kappa shape index (κ1) is 19.2. The second-order valence-corrected chi connectivity index (χ2v) is 7.22. The lowest BCUT2D eigenvalue weighted by molar-refractivity contribution is -0.143. The number of aliphatic carboxylic acids is 1. The highest BCUT2D eigenvalue weighted by Crippen LogP contribution is 2.21. The average Bonchev–Trinajstić information content (AvgIpc) is 2.59. The van der Waals surface area contributed by atoms with Gasteiger partial charge in [-0.25, -0.2) is 4.79 Å². The molecule has 0 spiro atoms. The maximum Gasteiger partial charge on any atom is 0.317 e. The third kappa shape index (κ3) is 5.74. The Morgan fingerprint density at radius 1 is 1.32 bits per heavy atom. The molecule has 0 bridgehead atoms. The van der Waals surface area contributed by atoms with E-state index in [2.05, 4.69) is 29.3 Å². The number of benzene rings is 1. The van der Waals surface area contributed by atoms with Gasteiger partial charge >= 0.3 is 12.0 Å². The molecule has 0 aliphatic carbocycles. The van der Waals surface area contributed by atoms with Gasteiger partial charge in [-0.3, -0.25) is 9.69 Å². The summed E-state index contributed by atoms with van der Waals surface area (Å²) in [4.78, 5) is 27.5. The molecule has 3 atom stereocenters. The first-order valence-corrected chi connectivity index (χ1v) is 8.86. The van der Waals surface area contributed by atoms with Crippen LogP contribution >= 0.6 is 0 Å². The minimum Gasteiger partial charge on any atom is -0.481 e. The van der Waals surface area contributed by atoms with Gasteiger partial charge in [0.1, 0.15) is 0 Å². The number of nitrogens with one attached hydrogen (secondary N) is 1. The van der Waals surface area contributed by atoms with Crippen LogP contribution in [0.25, 0.3) is 0 Å². The van der Waals surface area contributed by atoms with E-state index in [0.717, 1.165) is 6.54 Å². The number of urea groups is 1. The van der Waals surface area contributed by atoms with Crippen molar-refractivity contribution in [1.29, 1.82) is 0 Å². The summed E-state index contributed by atoms with van der Waals surface area (Å²) in [6.45, 7) is 6.32. The first-order chi connectivity index (χ1) is 11.9. The Bertz CT molecular complexity index is 579. The summed E-state index contributed by atoms with van der Waals surface area (Å²) in [5.41, 5.74) is 1.23. The molecule has 1 fully saturated rings. The molecule has 138 valence electrons. The van der Waals surface area contributed by atoms with Crippen molar-refractivity contribution in [3.05, 3.63) is 35.9 Å². The number of nitrogens with zero attached hydrogens (tertiary/aromatic N) is 2. The monoisotopic (exact) mass is 347 g/mol. The first-order valence-electron chi connectivity index (χ1n) is 8.86. The van der Waals surface area contributed by atoms with Crippen LogP contribution in [-0.2, 0) is 11.3 Å². The molecule has 1 aliphatic heterocycles. The highest BCUT2D eigenvalue weighted by molar-refractivity contribution is 5.76. The lowest BCUT2D eigenvalue weighted by Crippen LogP contribution is -2.51. The van der Waals surface area contributed by atoms with Gasteiger partial charge in [-0.05, 0) is 31.9 Å². The molecule has 6 nitrogen and oxygen atoms in total. The fourth-order valence-electron chi connectivity index (χ4n) is 3.23. The standard InChI is InChI=1S/C19H29N3O3/c1-14-9-17(18(23)24)13-22(11-14)19(25)20-10-15(2)21(3)12-16-7-5-4-6-8-16/h4-8,14-15,17H,9-13H2,1-3H3,(H,20,25)(H,23,24). The molecule has 25 heavy (non-hydrogen) atoms. The van der Waals surface area contributed by atoms with Gasteiger partial charge in [0.15, 0.2) is 0 Å². The molecule has 1 aromatic carbocycles. The van der Waals surface area contributed by atoms with Crippen molar-refractivity contribution in [3.63, 3.8) is 0 Å². The third-order valence-corrected chi connectivity index (χ3v) is 4.87. The molecule has 1 aliphatic rings. The van der Waals surface area contributed by atoms with Crippen molar-refractivity contribution in [3.8, 4) is 0 Å². The lowest BCUT2D eigenvalue weighted by Gasteiger charge is -2.35. The molecule has 0 aromatic heterocycles. The van der Waals surface area contributed by atoms with E-state index in [1.807, 2.05) is 32.2 Å². The van der Waals surface area contributed by atoms with Crippen LogP contribution in [0.2, 0.25) is 0 Å². The summed E-state index contributed by atoms with van der Waals surface area (Å²) >= 11 is 0. The van der Waals surface area contributed by atoms with Crippen molar-refractivity contribution in [2.45, 2.75) is 32.9 Å². The maximum atomic E-state index is 12.4. The number of piperidine rings is 1. The summed E-state index contributed by atoms with van der Waals surface area (Å²) in [6, 6.07) is 10.2.